The molecule has 132 valence electrons. The smallest absolute Gasteiger partial charge is 0.143 e. The van der Waals surface area contributed by atoms with E-state index in [2.05, 4.69) is 36.6 Å². The lowest BCUT2D eigenvalue weighted by atomic mass is 10.0. The molecule has 0 bridgehead atoms. The van der Waals surface area contributed by atoms with Gasteiger partial charge in [0, 0.05) is 48.1 Å². The van der Waals surface area contributed by atoms with Crippen molar-refractivity contribution in [2.75, 3.05) is 5.32 Å². The van der Waals surface area contributed by atoms with Gasteiger partial charge in [-0.1, -0.05) is 6.07 Å². The van der Waals surface area contributed by atoms with Gasteiger partial charge in [-0.2, -0.15) is 0 Å². The van der Waals surface area contributed by atoms with Crippen molar-refractivity contribution in [3.05, 3.63) is 66.7 Å². The second kappa shape index (κ2) is 5.48. The molecule has 6 nitrogen and oxygen atoms in total. The molecule has 6 rings (SSSR count). The first-order valence-electron chi connectivity index (χ1n) is 9.07. The zero-order valence-corrected chi connectivity index (χ0v) is 14.6. The largest absolute Gasteiger partial charge is 0.457 e. The molecule has 0 aliphatic carbocycles. The number of aryl methyl sites for hydroxylation is 2. The molecule has 2 aromatic carbocycles. The van der Waals surface area contributed by atoms with Gasteiger partial charge in [0.1, 0.15) is 23.1 Å². The van der Waals surface area contributed by atoms with Gasteiger partial charge in [0.15, 0.2) is 0 Å². The van der Waals surface area contributed by atoms with Crippen molar-refractivity contribution >= 4 is 5.69 Å². The predicted octanol–water partition coefficient (Wildman–Crippen LogP) is 4.15. The van der Waals surface area contributed by atoms with E-state index in [9.17, 15) is 0 Å². The van der Waals surface area contributed by atoms with Crippen LogP contribution in [0, 0.1) is 0 Å². The summed E-state index contributed by atoms with van der Waals surface area (Å²) in [6, 6.07) is 12.4. The Labute approximate surface area is 156 Å². The summed E-state index contributed by atoms with van der Waals surface area (Å²) in [4.78, 5) is 8.99. The number of ether oxygens (including phenoxy) is 1. The molecule has 0 amide bonds. The van der Waals surface area contributed by atoms with E-state index in [-0.39, 0.29) is 0 Å². The lowest BCUT2D eigenvalue weighted by Crippen LogP contribution is -2.14. The molecule has 0 spiro atoms. The van der Waals surface area contributed by atoms with Crippen LogP contribution >= 0.6 is 0 Å². The summed E-state index contributed by atoms with van der Waals surface area (Å²) in [5.74, 6) is 3.59. The Hall–Kier alpha value is -3.54. The zero-order valence-electron chi connectivity index (χ0n) is 14.6. The third-order valence-electron chi connectivity index (χ3n) is 5.28. The van der Waals surface area contributed by atoms with Gasteiger partial charge in [-0.15, -0.1) is 0 Å². The second-order valence-corrected chi connectivity index (χ2v) is 6.88. The molecule has 0 atom stereocenters. The summed E-state index contributed by atoms with van der Waals surface area (Å²) in [5.41, 5.74) is 4.60. The van der Waals surface area contributed by atoms with Crippen LogP contribution in [0.1, 0.15) is 5.56 Å². The Morgan fingerprint density at radius 3 is 2.48 bits per heavy atom. The third-order valence-corrected chi connectivity index (χ3v) is 5.28. The van der Waals surface area contributed by atoms with Gasteiger partial charge in [0.05, 0.1) is 6.67 Å². The molecule has 2 aliphatic heterocycles. The standard InChI is InChI=1S/C21H17N5O/c1-2-15(11-17-14(1)5-8-25-9-6-22-20(17)25)27-16-3-4-19-18(12-16)21-23-7-10-26(21)13-24-19/h1-4,6-7,9-12,24H,5,8,13H2. The minimum atomic E-state index is 0.736. The van der Waals surface area contributed by atoms with E-state index >= 15 is 0 Å². The number of benzene rings is 2. The van der Waals surface area contributed by atoms with E-state index in [0.29, 0.717) is 0 Å². The maximum atomic E-state index is 6.19. The van der Waals surface area contributed by atoms with Crippen LogP contribution in [0.15, 0.2) is 61.2 Å². The predicted molar refractivity (Wildman–Crippen MR) is 103 cm³/mol. The number of imidazole rings is 2. The van der Waals surface area contributed by atoms with Crippen molar-refractivity contribution in [2.45, 2.75) is 19.6 Å². The van der Waals surface area contributed by atoms with Crippen molar-refractivity contribution in [3.8, 4) is 34.3 Å². The summed E-state index contributed by atoms with van der Waals surface area (Å²) in [5, 5.41) is 3.40. The van der Waals surface area contributed by atoms with Crippen LogP contribution in [-0.4, -0.2) is 19.1 Å². The molecule has 1 N–H and O–H groups in total. The quantitative estimate of drug-likeness (QED) is 0.587. The first-order valence-corrected chi connectivity index (χ1v) is 9.07. The zero-order chi connectivity index (χ0) is 17.8. The van der Waals surface area contributed by atoms with Gasteiger partial charge >= 0.3 is 0 Å². The summed E-state index contributed by atoms with van der Waals surface area (Å²) < 4.78 is 10.5. The van der Waals surface area contributed by atoms with E-state index < -0.39 is 0 Å². The van der Waals surface area contributed by atoms with Crippen molar-refractivity contribution in [2.24, 2.45) is 0 Å². The number of hydrogen-bond donors (Lipinski definition) is 1. The number of anilines is 1. The van der Waals surface area contributed by atoms with Crippen molar-refractivity contribution in [1.82, 2.24) is 19.1 Å². The van der Waals surface area contributed by atoms with Gasteiger partial charge in [-0.25, -0.2) is 9.97 Å². The molecular weight excluding hydrogens is 338 g/mol. The van der Waals surface area contributed by atoms with Gasteiger partial charge in [0.25, 0.3) is 0 Å². The minimum Gasteiger partial charge on any atom is -0.457 e. The molecule has 0 saturated carbocycles. The Kier molecular flexibility index (Phi) is 2.96. The van der Waals surface area contributed by atoms with Crippen LogP contribution in [0.5, 0.6) is 11.5 Å². The minimum absolute atomic E-state index is 0.736. The average molecular weight is 355 g/mol. The molecule has 2 aliphatic rings. The molecule has 0 unspecified atom stereocenters. The first kappa shape index (κ1) is 14.6. The van der Waals surface area contributed by atoms with Crippen molar-refractivity contribution in [3.63, 3.8) is 0 Å². The fourth-order valence-electron chi connectivity index (χ4n) is 3.93. The first-order chi connectivity index (χ1) is 13.3. The Balaban J connectivity index is 1.37. The molecule has 2 aromatic heterocycles. The summed E-state index contributed by atoms with van der Waals surface area (Å²) >= 11 is 0. The fourth-order valence-corrected chi connectivity index (χ4v) is 3.93. The summed E-state index contributed by atoms with van der Waals surface area (Å²) in [6.07, 6.45) is 8.71. The molecule has 0 radical (unpaired) electrons. The SMILES string of the molecule is c1cn2c(n1)-c1cc(Oc3ccc4c(c3)-c3nccn3CN4)ccc1CC2. The van der Waals surface area contributed by atoms with Gasteiger partial charge in [-0.3, -0.25) is 0 Å². The van der Waals surface area contributed by atoms with Gasteiger partial charge < -0.3 is 19.2 Å². The normalized spacial score (nSPS) is 13.8. The van der Waals surface area contributed by atoms with Gasteiger partial charge in [0.2, 0.25) is 0 Å². The van der Waals surface area contributed by atoms with Crippen molar-refractivity contribution in [1.29, 1.82) is 0 Å². The second-order valence-electron chi connectivity index (χ2n) is 6.88. The maximum Gasteiger partial charge on any atom is 0.143 e. The lowest BCUT2D eigenvalue weighted by molar-refractivity contribution is 0.482. The lowest BCUT2D eigenvalue weighted by Gasteiger charge is -2.21. The number of nitrogens with one attached hydrogen (secondary N) is 1. The number of rotatable bonds is 2. The summed E-state index contributed by atoms with van der Waals surface area (Å²) in [6.45, 7) is 1.72. The van der Waals surface area contributed by atoms with Gasteiger partial charge in [-0.05, 0) is 42.3 Å². The van der Waals surface area contributed by atoms with Crippen LogP contribution < -0.4 is 10.1 Å². The highest BCUT2D eigenvalue weighted by Crippen LogP contribution is 2.37. The third kappa shape index (κ3) is 2.26. The van der Waals surface area contributed by atoms with E-state index in [1.807, 2.05) is 49.1 Å². The Bertz CT molecular complexity index is 1080. The average Bonchev–Trinajstić information content (AvgIpc) is 3.37. The van der Waals surface area contributed by atoms with E-state index in [4.69, 9.17) is 4.74 Å². The van der Waals surface area contributed by atoms with Crippen molar-refractivity contribution < 1.29 is 4.74 Å². The fraction of sp³-hybridized carbons (Fsp3) is 0.143. The molecule has 0 saturated heterocycles. The number of nitrogens with zero attached hydrogens (tertiary/aromatic N) is 4. The van der Waals surface area contributed by atoms with Crippen LogP contribution in [0.25, 0.3) is 22.8 Å². The molecule has 6 heteroatoms. The molecule has 4 heterocycles. The van der Waals surface area contributed by atoms with E-state index in [1.54, 1.807) is 0 Å². The molecule has 4 aromatic rings. The number of hydrogen-bond acceptors (Lipinski definition) is 4. The summed E-state index contributed by atoms with van der Waals surface area (Å²) in [7, 11) is 0. The van der Waals surface area contributed by atoms with Crippen LogP contribution in [-0.2, 0) is 19.6 Å². The highest BCUT2D eigenvalue weighted by atomic mass is 16.5. The monoisotopic (exact) mass is 355 g/mol. The Morgan fingerprint density at radius 1 is 0.852 bits per heavy atom. The van der Waals surface area contributed by atoms with Crippen LogP contribution in [0.3, 0.4) is 0 Å². The topological polar surface area (TPSA) is 56.9 Å². The van der Waals surface area contributed by atoms with E-state index in [0.717, 1.165) is 59.6 Å². The number of aromatic nitrogens is 4. The Morgan fingerprint density at radius 2 is 1.59 bits per heavy atom. The molecular formula is C21H17N5O. The maximum absolute atomic E-state index is 6.19. The highest BCUT2D eigenvalue weighted by molar-refractivity contribution is 5.77. The molecule has 27 heavy (non-hydrogen) atoms. The van der Waals surface area contributed by atoms with E-state index in [1.165, 1.54) is 5.56 Å². The van der Waals surface area contributed by atoms with Crippen LogP contribution in [0.2, 0.25) is 0 Å². The molecule has 0 fully saturated rings. The number of fused-ring (bicyclic) bond motifs is 6. The van der Waals surface area contributed by atoms with Crippen LogP contribution in [0.4, 0.5) is 5.69 Å². The highest BCUT2D eigenvalue weighted by Gasteiger charge is 2.19.